The summed E-state index contributed by atoms with van der Waals surface area (Å²) in [6, 6.07) is 6.99. The minimum atomic E-state index is -4.52. The van der Waals surface area contributed by atoms with E-state index in [0.29, 0.717) is 15.0 Å². The molecular formula is C20H15F3N4O2S. The maximum absolute atomic E-state index is 13.0. The number of alkyl halides is 3. The van der Waals surface area contributed by atoms with E-state index in [4.69, 9.17) is 0 Å². The second-order valence-corrected chi connectivity index (χ2v) is 7.58. The van der Waals surface area contributed by atoms with Crippen LogP contribution in [0, 0.1) is 0 Å². The molecule has 0 fully saturated rings. The lowest BCUT2D eigenvalue weighted by Gasteiger charge is -2.18. The highest BCUT2D eigenvalue weighted by Crippen LogP contribution is 2.31. The van der Waals surface area contributed by atoms with E-state index in [9.17, 15) is 22.8 Å². The van der Waals surface area contributed by atoms with Gasteiger partial charge in [0.15, 0.2) is 0 Å². The number of benzene rings is 1. The lowest BCUT2D eigenvalue weighted by atomic mass is 10.1. The molecule has 10 heteroatoms. The molecule has 3 heterocycles. The van der Waals surface area contributed by atoms with Gasteiger partial charge in [0, 0.05) is 17.3 Å². The summed E-state index contributed by atoms with van der Waals surface area (Å²) < 4.78 is 40.3. The number of hydrogen-bond acceptors (Lipinski definition) is 5. The lowest BCUT2D eigenvalue weighted by molar-refractivity contribution is -0.137. The fraction of sp³-hybridized carbons (Fsp3) is 0.200. The molecule has 1 aromatic carbocycles. The molecule has 0 saturated carbocycles. The Morgan fingerprint density at radius 3 is 2.77 bits per heavy atom. The molecule has 4 aromatic rings. The van der Waals surface area contributed by atoms with Crippen LogP contribution in [0.1, 0.15) is 24.9 Å². The Morgan fingerprint density at radius 2 is 2.03 bits per heavy atom. The van der Waals surface area contributed by atoms with Crippen molar-refractivity contribution in [3.05, 3.63) is 64.8 Å². The first-order valence-corrected chi connectivity index (χ1v) is 9.83. The number of nitrogens with one attached hydrogen (secondary N) is 1. The van der Waals surface area contributed by atoms with E-state index in [-0.39, 0.29) is 12.1 Å². The van der Waals surface area contributed by atoms with Gasteiger partial charge in [0.2, 0.25) is 5.91 Å². The Kier molecular flexibility index (Phi) is 5.02. The fourth-order valence-electron chi connectivity index (χ4n) is 3.21. The number of pyridine rings is 1. The molecule has 3 aromatic heterocycles. The number of nitrogens with zero attached hydrogens (tertiary/aromatic N) is 3. The number of amides is 1. The summed E-state index contributed by atoms with van der Waals surface area (Å²) in [6.45, 7) is 1.71. The van der Waals surface area contributed by atoms with Crippen LogP contribution in [0.15, 0.2) is 53.7 Å². The summed E-state index contributed by atoms with van der Waals surface area (Å²) in [5, 5.41) is 3.22. The molecule has 154 valence electrons. The predicted octanol–water partition coefficient (Wildman–Crippen LogP) is 4.61. The number of hydrogen-bond donors (Lipinski definition) is 1. The molecule has 0 aliphatic heterocycles. The number of fused-ring (bicyclic) bond motifs is 3. The summed E-state index contributed by atoms with van der Waals surface area (Å²) in [7, 11) is 0. The molecule has 30 heavy (non-hydrogen) atoms. The average molecular weight is 432 g/mol. The third-order valence-electron chi connectivity index (χ3n) is 4.66. The first-order chi connectivity index (χ1) is 14.3. The monoisotopic (exact) mass is 432 g/mol. The first kappa shape index (κ1) is 20.0. The molecule has 6 nitrogen and oxygen atoms in total. The maximum Gasteiger partial charge on any atom is 0.416 e. The zero-order valence-corrected chi connectivity index (χ0v) is 16.4. The van der Waals surface area contributed by atoms with E-state index < -0.39 is 29.2 Å². The average Bonchev–Trinajstić information content (AvgIpc) is 3.09. The molecule has 0 saturated heterocycles. The minimum Gasteiger partial charge on any atom is -0.324 e. The summed E-state index contributed by atoms with van der Waals surface area (Å²) >= 11 is 1.19. The molecule has 4 rings (SSSR count). The highest BCUT2D eigenvalue weighted by Gasteiger charge is 2.31. The van der Waals surface area contributed by atoms with Gasteiger partial charge in [0.05, 0.1) is 17.4 Å². The Bertz CT molecular complexity index is 1310. The van der Waals surface area contributed by atoms with E-state index >= 15 is 0 Å². The highest BCUT2D eigenvalue weighted by molar-refractivity contribution is 7.25. The van der Waals surface area contributed by atoms with E-state index in [1.165, 1.54) is 34.4 Å². The van der Waals surface area contributed by atoms with Gasteiger partial charge in [-0.05, 0) is 36.8 Å². The number of carbonyl (C=O) groups is 1. The normalized spacial score (nSPS) is 12.9. The maximum atomic E-state index is 13.0. The molecule has 0 aliphatic carbocycles. The third kappa shape index (κ3) is 3.54. The Hall–Kier alpha value is -3.27. The molecule has 0 radical (unpaired) electrons. The van der Waals surface area contributed by atoms with Crippen molar-refractivity contribution in [2.24, 2.45) is 0 Å². The van der Waals surface area contributed by atoms with Crippen LogP contribution in [0.25, 0.3) is 20.4 Å². The van der Waals surface area contributed by atoms with Crippen molar-refractivity contribution >= 4 is 43.4 Å². The van der Waals surface area contributed by atoms with Gasteiger partial charge in [-0.2, -0.15) is 13.2 Å². The van der Waals surface area contributed by atoms with Crippen molar-refractivity contribution in [1.82, 2.24) is 14.5 Å². The van der Waals surface area contributed by atoms with Gasteiger partial charge in [0.25, 0.3) is 5.56 Å². The van der Waals surface area contributed by atoms with Crippen LogP contribution < -0.4 is 10.9 Å². The number of halogens is 3. The van der Waals surface area contributed by atoms with E-state index in [2.05, 4.69) is 15.3 Å². The Labute approximate surface area is 172 Å². The molecule has 1 atom stereocenters. The molecule has 1 N–H and O–H groups in total. The van der Waals surface area contributed by atoms with Gasteiger partial charge < -0.3 is 5.32 Å². The Balaban J connectivity index is 1.69. The molecular weight excluding hydrogens is 417 g/mol. The summed E-state index contributed by atoms with van der Waals surface area (Å²) in [5.41, 5.74) is -0.751. The lowest BCUT2D eigenvalue weighted by Crippen LogP contribution is -2.33. The number of anilines is 1. The van der Waals surface area contributed by atoms with Crippen LogP contribution in [-0.2, 0) is 11.0 Å². The highest BCUT2D eigenvalue weighted by atomic mass is 32.1. The van der Waals surface area contributed by atoms with Gasteiger partial charge in [-0.1, -0.05) is 13.0 Å². The molecule has 0 aliphatic rings. The third-order valence-corrected chi connectivity index (χ3v) is 5.75. The second kappa shape index (κ2) is 7.52. The van der Waals surface area contributed by atoms with Crippen LogP contribution in [0.5, 0.6) is 0 Å². The largest absolute Gasteiger partial charge is 0.416 e. The zero-order valence-electron chi connectivity index (χ0n) is 15.6. The van der Waals surface area contributed by atoms with Crippen LogP contribution in [0.2, 0.25) is 0 Å². The van der Waals surface area contributed by atoms with Gasteiger partial charge in [-0.15, -0.1) is 11.3 Å². The SMILES string of the molecule is CC[C@H](C(=O)Nc1cccc(C(F)(F)F)c1)n1cnc2c(sc3ncccc32)c1=O. The van der Waals surface area contributed by atoms with Crippen molar-refractivity contribution in [3.8, 4) is 0 Å². The topological polar surface area (TPSA) is 76.9 Å². The molecule has 0 unspecified atom stereocenters. The quantitative estimate of drug-likeness (QED) is 0.511. The number of thiophene rings is 1. The van der Waals surface area contributed by atoms with Crippen molar-refractivity contribution in [1.29, 1.82) is 0 Å². The molecule has 0 spiro atoms. The van der Waals surface area contributed by atoms with Crippen LogP contribution in [-0.4, -0.2) is 20.4 Å². The van der Waals surface area contributed by atoms with Crippen molar-refractivity contribution in [2.45, 2.75) is 25.6 Å². The summed E-state index contributed by atoms with van der Waals surface area (Å²) in [5.74, 6) is -0.598. The van der Waals surface area contributed by atoms with Crippen molar-refractivity contribution in [3.63, 3.8) is 0 Å². The molecule has 1 amide bonds. The number of carbonyl (C=O) groups excluding carboxylic acids is 1. The standard InChI is InChI=1S/C20H15F3N4O2S/c1-2-14(17(28)26-12-6-3-5-11(9-12)20(21,22)23)27-10-25-15-13-7-4-8-24-18(13)30-16(15)19(27)29/h3-10,14H,2H2,1H3,(H,26,28)/t14-/m1/s1. The first-order valence-electron chi connectivity index (χ1n) is 9.02. The smallest absolute Gasteiger partial charge is 0.324 e. The second-order valence-electron chi connectivity index (χ2n) is 6.58. The minimum absolute atomic E-state index is 0.00132. The van der Waals surface area contributed by atoms with E-state index in [0.717, 1.165) is 17.5 Å². The zero-order chi connectivity index (χ0) is 21.5. The van der Waals surface area contributed by atoms with Gasteiger partial charge >= 0.3 is 6.18 Å². The Morgan fingerprint density at radius 1 is 1.23 bits per heavy atom. The summed E-state index contributed by atoms with van der Waals surface area (Å²) in [4.78, 5) is 35.0. The number of rotatable bonds is 4. The van der Waals surface area contributed by atoms with Crippen LogP contribution in [0.4, 0.5) is 18.9 Å². The van der Waals surface area contributed by atoms with E-state index in [1.54, 1.807) is 19.2 Å². The van der Waals surface area contributed by atoms with Crippen LogP contribution in [0.3, 0.4) is 0 Å². The summed E-state index contributed by atoms with van der Waals surface area (Å²) in [6.07, 6.45) is -1.36. The fourth-order valence-corrected chi connectivity index (χ4v) is 4.25. The predicted molar refractivity (Wildman–Crippen MR) is 109 cm³/mol. The van der Waals surface area contributed by atoms with Gasteiger partial charge in [-0.25, -0.2) is 9.97 Å². The van der Waals surface area contributed by atoms with E-state index in [1.807, 2.05) is 6.07 Å². The van der Waals surface area contributed by atoms with Crippen molar-refractivity contribution in [2.75, 3.05) is 5.32 Å². The number of aromatic nitrogens is 3. The van der Waals surface area contributed by atoms with Crippen LogP contribution >= 0.6 is 11.3 Å². The van der Waals surface area contributed by atoms with Crippen molar-refractivity contribution < 1.29 is 18.0 Å². The van der Waals surface area contributed by atoms with Gasteiger partial charge in [-0.3, -0.25) is 14.2 Å². The van der Waals surface area contributed by atoms with Gasteiger partial charge in [0.1, 0.15) is 15.6 Å². The molecule has 0 bridgehead atoms.